The summed E-state index contributed by atoms with van der Waals surface area (Å²) in [4.78, 5) is 29.7. The maximum absolute atomic E-state index is 11.8. The normalized spacial score (nSPS) is 27.3. The summed E-state index contributed by atoms with van der Waals surface area (Å²) in [6.07, 6.45) is -2.56. The number of rotatable bonds is 3. The number of nitrogens with zero attached hydrogens (tertiary/aromatic N) is 5. The summed E-state index contributed by atoms with van der Waals surface area (Å²) in [5, 5.41) is 32.4. The molecule has 23 heavy (non-hydrogen) atoms. The second-order valence-corrected chi connectivity index (χ2v) is 4.83. The molecule has 0 aromatic carbocycles. The Morgan fingerprint density at radius 3 is 2.78 bits per heavy atom. The highest BCUT2D eigenvalue weighted by Crippen LogP contribution is 2.31. The number of aromatic nitrogens is 4. The van der Waals surface area contributed by atoms with Crippen LogP contribution in [0.5, 0.6) is 0 Å². The molecular weight excluding hydrogens is 312 g/mol. The highest BCUT2D eigenvalue weighted by atomic mass is 16.6. The van der Waals surface area contributed by atoms with Gasteiger partial charge in [0.25, 0.3) is 6.08 Å². The molecule has 0 saturated carbocycles. The number of fused-ring (bicyclic) bond motifs is 1. The lowest BCUT2D eigenvalue weighted by atomic mass is 10.1. The van der Waals surface area contributed by atoms with Crippen LogP contribution in [0.1, 0.15) is 6.23 Å². The van der Waals surface area contributed by atoms with Gasteiger partial charge in [0.05, 0.1) is 12.9 Å². The van der Waals surface area contributed by atoms with Gasteiger partial charge in [-0.3, -0.25) is 9.36 Å². The van der Waals surface area contributed by atoms with E-state index in [0.29, 0.717) is 0 Å². The number of aliphatic hydroxyl groups excluding tert-OH is 3. The summed E-state index contributed by atoms with van der Waals surface area (Å²) >= 11 is 0. The fourth-order valence-corrected chi connectivity index (χ4v) is 2.46. The zero-order chi connectivity index (χ0) is 16.7. The van der Waals surface area contributed by atoms with Crippen molar-refractivity contribution < 1.29 is 24.9 Å². The van der Waals surface area contributed by atoms with Crippen molar-refractivity contribution in [3.63, 3.8) is 0 Å². The minimum atomic E-state index is -1.41. The Kier molecular flexibility index (Phi) is 3.67. The van der Waals surface area contributed by atoms with E-state index in [1.54, 1.807) is 0 Å². The van der Waals surface area contributed by atoms with Crippen LogP contribution in [0.4, 0.5) is 5.95 Å². The van der Waals surface area contributed by atoms with Crippen molar-refractivity contribution in [2.75, 3.05) is 12.3 Å². The molecule has 0 bridgehead atoms. The molecule has 4 unspecified atom stereocenters. The maximum Gasteiger partial charge on any atom is 0.302 e. The summed E-state index contributed by atoms with van der Waals surface area (Å²) < 4.78 is 7.33. The summed E-state index contributed by atoms with van der Waals surface area (Å²) in [7, 11) is 0. The molecule has 1 aliphatic heterocycles. The van der Waals surface area contributed by atoms with Crippen LogP contribution >= 0.6 is 0 Å². The first-order valence-corrected chi connectivity index (χ1v) is 6.45. The van der Waals surface area contributed by atoms with E-state index >= 15 is 0 Å². The van der Waals surface area contributed by atoms with Crippen LogP contribution in [-0.4, -0.2) is 65.5 Å². The largest absolute Gasteiger partial charge is 0.394 e. The molecule has 12 heteroatoms. The van der Waals surface area contributed by atoms with Crippen LogP contribution in [0.2, 0.25) is 0 Å². The maximum atomic E-state index is 11.8. The van der Waals surface area contributed by atoms with Crippen LogP contribution in [0.3, 0.4) is 0 Å². The molecule has 2 aromatic heterocycles. The van der Waals surface area contributed by atoms with E-state index in [2.05, 4.69) is 15.1 Å². The molecule has 1 fully saturated rings. The number of anilines is 1. The summed E-state index contributed by atoms with van der Waals surface area (Å²) in [5.41, 5.74) is 4.56. The lowest BCUT2D eigenvalue weighted by molar-refractivity contribution is -0.0512. The molecule has 3 rings (SSSR count). The Labute approximate surface area is 127 Å². The Hall–Kier alpha value is -2.63. The molecule has 5 N–H and O–H groups in total. The predicted octanol–water partition coefficient (Wildman–Crippen LogP) is -3.11. The second-order valence-electron chi connectivity index (χ2n) is 4.83. The lowest BCUT2D eigenvalue weighted by Crippen LogP contribution is -2.33. The van der Waals surface area contributed by atoms with Crippen molar-refractivity contribution in [1.29, 1.82) is 0 Å². The van der Waals surface area contributed by atoms with Crippen LogP contribution in [-0.2, 0) is 9.53 Å². The van der Waals surface area contributed by atoms with Crippen LogP contribution in [0.25, 0.3) is 11.2 Å². The minimum absolute atomic E-state index is 0.0688. The highest BCUT2D eigenvalue weighted by molar-refractivity contribution is 5.72. The van der Waals surface area contributed by atoms with Crippen molar-refractivity contribution in [1.82, 2.24) is 19.2 Å². The number of aliphatic hydroxyl groups is 3. The minimum Gasteiger partial charge on any atom is -0.394 e. The van der Waals surface area contributed by atoms with E-state index in [0.717, 1.165) is 11.0 Å². The number of ether oxygens (including phenoxy) is 1. The third kappa shape index (κ3) is 2.21. The fourth-order valence-electron chi connectivity index (χ4n) is 2.46. The first-order chi connectivity index (χ1) is 11.0. The van der Waals surface area contributed by atoms with Gasteiger partial charge in [-0.15, -0.1) is 0 Å². The van der Waals surface area contributed by atoms with Crippen molar-refractivity contribution in [2.24, 2.45) is 5.10 Å². The third-order valence-electron chi connectivity index (χ3n) is 3.54. The van der Waals surface area contributed by atoms with Gasteiger partial charge in [0, 0.05) is 0 Å². The number of hydrogen-bond acceptors (Lipinski definition) is 10. The average molecular weight is 324 g/mol. The zero-order valence-electron chi connectivity index (χ0n) is 11.5. The van der Waals surface area contributed by atoms with Gasteiger partial charge in [0.2, 0.25) is 5.95 Å². The van der Waals surface area contributed by atoms with Gasteiger partial charge in [-0.2, -0.15) is 9.66 Å². The number of hydrogen-bond donors (Lipinski definition) is 4. The van der Waals surface area contributed by atoms with Gasteiger partial charge < -0.3 is 25.8 Å². The molecule has 4 atom stereocenters. The number of carbonyl (C=O) groups excluding carboxylic acids is 1. The topological polar surface area (TPSA) is 178 Å². The van der Waals surface area contributed by atoms with Gasteiger partial charge in [0.1, 0.15) is 18.3 Å². The number of nitrogens with two attached hydrogens (primary N) is 1. The average Bonchev–Trinajstić information content (AvgIpc) is 3.07. The third-order valence-corrected chi connectivity index (χ3v) is 3.54. The Balaban J connectivity index is 2.23. The number of nitrogen functional groups attached to an aromatic ring is 1. The Morgan fingerprint density at radius 2 is 2.17 bits per heavy atom. The molecule has 0 radical (unpaired) electrons. The molecule has 3 heterocycles. The number of imidazole rings is 1. The molecule has 2 aromatic rings. The van der Waals surface area contributed by atoms with Crippen LogP contribution < -0.4 is 11.3 Å². The van der Waals surface area contributed by atoms with Crippen molar-refractivity contribution >= 4 is 23.2 Å². The molecular formula is C11H12N6O6. The fraction of sp³-hybridized carbons (Fsp3) is 0.455. The van der Waals surface area contributed by atoms with E-state index in [4.69, 9.17) is 15.6 Å². The standard InChI is InChI=1S/C11H12N6O6/c12-11-15-8(22)5-9(17(11)14-3-19)16(2-13-5)10-7(21)6(20)4(1-18)23-10/h2,4,6-7,10,18,20-21H,1H2,(H2,12,15,22). The van der Waals surface area contributed by atoms with Gasteiger partial charge in [-0.05, 0) is 0 Å². The molecule has 0 amide bonds. The van der Waals surface area contributed by atoms with Crippen molar-refractivity contribution in [2.45, 2.75) is 24.5 Å². The lowest BCUT2D eigenvalue weighted by Gasteiger charge is -2.17. The van der Waals surface area contributed by atoms with Gasteiger partial charge >= 0.3 is 5.56 Å². The van der Waals surface area contributed by atoms with E-state index < -0.39 is 36.7 Å². The van der Waals surface area contributed by atoms with E-state index in [1.165, 1.54) is 10.6 Å². The first kappa shape index (κ1) is 15.3. The van der Waals surface area contributed by atoms with Gasteiger partial charge in [-0.25, -0.2) is 9.78 Å². The van der Waals surface area contributed by atoms with Gasteiger partial charge in [-0.1, -0.05) is 5.10 Å². The SMILES string of the molecule is Nc1nc(=O)c2ncn(C3OC(CO)C(O)C3O)c2n1N=C=O. The molecule has 0 spiro atoms. The van der Waals surface area contributed by atoms with Crippen LogP contribution in [0.15, 0.2) is 16.2 Å². The monoisotopic (exact) mass is 324 g/mol. The summed E-state index contributed by atoms with van der Waals surface area (Å²) in [5.74, 6) is -0.389. The summed E-state index contributed by atoms with van der Waals surface area (Å²) in [6.45, 7) is -0.523. The van der Waals surface area contributed by atoms with E-state index in [9.17, 15) is 19.8 Å². The zero-order valence-corrected chi connectivity index (χ0v) is 11.5. The molecule has 12 nitrogen and oxygen atoms in total. The van der Waals surface area contributed by atoms with Crippen molar-refractivity contribution in [3.8, 4) is 0 Å². The Morgan fingerprint density at radius 1 is 1.43 bits per heavy atom. The quantitative estimate of drug-likeness (QED) is 0.336. The molecule has 0 aliphatic carbocycles. The smallest absolute Gasteiger partial charge is 0.302 e. The van der Waals surface area contributed by atoms with Gasteiger partial charge in [0.15, 0.2) is 17.4 Å². The van der Waals surface area contributed by atoms with Crippen molar-refractivity contribution in [3.05, 3.63) is 16.7 Å². The predicted molar refractivity (Wildman–Crippen MR) is 72.7 cm³/mol. The highest BCUT2D eigenvalue weighted by Gasteiger charge is 2.44. The molecule has 1 saturated heterocycles. The van der Waals surface area contributed by atoms with E-state index in [1.807, 2.05) is 0 Å². The van der Waals surface area contributed by atoms with Crippen LogP contribution in [0, 0.1) is 0 Å². The molecule has 122 valence electrons. The second kappa shape index (κ2) is 5.53. The Bertz CT molecular complexity index is 855. The number of isocyanates is 1. The summed E-state index contributed by atoms with van der Waals surface area (Å²) in [6, 6.07) is 0. The van der Waals surface area contributed by atoms with E-state index in [-0.39, 0.29) is 17.1 Å². The molecule has 1 aliphatic rings. The first-order valence-electron chi connectivity index (χ1n) is 6.45.